The number of carbonyl (C=O) groups is 1. The summed E-state index contributed by atoms with van der Waals surface area (Å²) in [7, 11) is 0. The first-order valence-electron chi connectivity index (χ1n) is 10.4. The van der Waals surface area contributed by atoms with Gasteiger partial charge in [0.25, 0.3) is 5.91 Å². The number of aromatic nitrogens is 4. The van der Waals surface area contributed by atoms with Gasteiger partial charge in [0, 0.05) is 30.9 Å². The van der Waals surface area contributed by atoms with E-state index in [2.05, 4.69) is 15.3 Å². The monoisotopic (exact) mass is 423 g/mol. The van der Waals surface area contributed by atoms with Crippen LogP contribution in [0.4, 0.5) is 0 Å². The van der Waals surface area contributed by atoms with Gasteiger partial charge >= 0.3 is 5.69 Å². The number of amides is 1. The second-order valence-electron chi connectivity index (χ2n) is 7.49. The molecular weight excluding hydrogens is 402 g/mol. The predicted molar refractivity (Wildman–Crippen MR) is 124 cm³/mol. The van der Waals surface area contributed by atoms with Gasteiger partial charge in [0.05, 0.1) is 12.1 Å². The van der Waals surface area contributed by atoms with Crippen molar-refractivity contribution in [1.82, 2.24) is 24.4 Å². The van der Waals surface area contributed by atoms with Crippen LogP contribution in [0.5, 0.6) is 0 Å². The number of hydrogen-bond acceptors (Lipinski definition) is 4. The number of hydrogen-bond donors (Lipinski definition) is 1. The van der Waals surface area contributed by atoms with E-state index in [-0.39, 0.29) is 18.1 Å². The van der Waals surface area contributed by atoms with E-state index in [9.17, 15) is 9.59 Å². The molecule has 0 saturated carbocycles. The van der Waals surface area contributed by atoms with Gasteiger partial charge in [-0.2, -0.15) is 0 Å². The highest BCUT2D eigenvalue weighted by Gasteiger charge is 2.15. The van der Waals surface area contributed by atoms with Gasteiger partial charge < -0.3 is 5.32 Å². The average Bonchev–Trinajstić information content (AvgIpc) is 3.10. The molecule has 0 unspecified atom stereocenters. The molecule has 0 aliphatic heterocycles. The Balaban J connectivity index is 1.38. The zero-order valence-corrected chi connectivity index (χ0v) is 17.3. The van der Waals surface area contributed by atoms with Crippen molar-refractivity contribution in [1.29, 1.82) is 0 Å². The lowest BCUT2D eigenvalue weighted by Gasteiger charge is -2.08. The fourth-order valence-electron chi connectivity index (χ4n) is 3.93. The molecule has 3 aromatic heterocycles. The molecule has 0 spiro atoms. The van der Waals surface area contributed by atoms with Crippen LogP contribution in [-0.4, -0.2) is 31.6 Å². The Hall–Kier alpha value is -4.26. The molecule has 1 N–H and O–H groups in total. The first kappa shape index (κ1) is 19.7. The van der Waals surface area contributed by atoms with Crippen molar-refractivity contribution in [3.63, 3.8) is 0 Å². The summed E-state index contributed by atoms with van der Waals surface area (Å²) in [6.45, 7) is 1.05. The SMILES string of the molecule is O=C(NCCn1c(=O)n(Cc2ccccc2)c2cccnc21)c1nccc2ccccc12. The largest absolute Gasteiger partial charge is 0.349 e. The highest BCUT2D eigenvalue weighted by Crippen LogP contribution is 2.16. The molecule has 0 bridgehead atoms. The number of nitrogens with one attached hydrogen (secondary N) is 1. The second kappa shape index (κ2) is 8.47. The minimum absolute atomic E-state index is 0.153. The normalized spacial score (nSPS) is 11.1. The van der Waals surface area contributed by atoms with Gasteiger partial charge in [-0.1, -0.05) is 54.6 Å². The average molecular weight is 423 g/mol. The number of carbonyl (C=O) groups excluding carboxylic acids is 1. The highest BCUT2D eigenvalue weighted by atomic mass is 16.2. The highest BCUT2D eigenvalue weighted by molar-refractivity contribution is 6.05. The van der Waals surface area contributed by atoms with E-state index in [0.29, 0.717) is 24.4 Å². The number of rotatable bonds is 6. The van der Waals surface area contributed by atoms with Gasteiger partial charge in [0.1, 0.15) is 5.69 Å². The molecule has 5 aromatic rings. The lowest BCUT2D eigenvalue weighted by atomic mass is 10.1. The number of nitrogens with zero attached hydrogens (tertiary/aromatic N) is 4. The first-order chi connectivity index (χ1) is 15.7. The zero-order valence-electron chi connectivity index (χ0n) is 17.3. The Morgan fingerprint density at radius 3 is 2.53 bits per heavy atom. The van der Waals surface area contributed by atoms with Gasteiger partial charge in [-0.15, -0.1) is 0 Å². The van der Waals surface area contributed by atoms with Crippen molar-refractivity contribution >= 4 is 27.8 Å². The van der Waals surface area contributed by atoms with Crippen LogP contribution in [0.25, 0.3) is 21.9 Å². The maximum absolute atomic E-state index is 13.2. The molecule has 0 saturated heterocycles. The molecule has 158 valence electrons. The van der Waals surface area contributed by atoms with Gasteiger partial charge in [0.15, 0.2) is 5.65 Å². The third-order valence-corrected chi connectivity index (χ3v) is 5.47. The van der Waals surface area contributed by atoms with Crippen LogP contribution < -0.4 is 11.0 Å². The summed E-state index contributed by atoms with van der Waals surface area (Å²) in [6.07, 6.45) is 3.30. The maximum Gasteiger partial charge on any atom is 0.330 e. The predicted octanol–water partition coefficient (Wildman–Crippen LogP) is 3.22. The Morgan fingerprint density at radius 2 is 1.66 bits per heavy atom. The van der Waals surface area contributed by atoms with E-state index < -0.39 is 0 Å². The van der Waals surface area contributed by atoms with E-state index in [1.807, 2.05) is 72.8 Å². The van der Waals surface area contributed by atoms with Crippen molar-refractivity contribution in [2.24, 2.45) is 0 Å². The van der Waals surface area contributed by atoms with Crippen LogP contribution in [0.3, 0.4) is 0 Å². The summed E-state index contributed by atoms with van der Waals surface area (Å²) in [5.74, 6) is -0.268. The Labute approximate surface area is 184 Å². The molecule has 1 amide bonds. The lowest BCUT2D eigenvalue weighted by Crippen LogP contribution is -2.32. The molecular formula is C25H21N5O2. The summed E-state index contributed by atoms with van der Waals surface area (Å²) in [6, 6.07) is 23.1. The first-order valence-corrected chi connectivity index (χ1v) is 10.4. The molecule has 0 atom stereocenters. The van der Waals surface area contributed by atoms with Crippen molar-refractivity contribution in [3.8, 4) is 0 Å². The van der Waals surface area contributed by atoms with Crippen LogP contribution >= 0.6 is 0 Å². The number of pyridine rings is 2. The number of fused-ring (bicyclic) bond motifs is 2. The molecule has 0 fully saturated rings. The fourth-order valence-corrected chi connectivity index (χ4v) is 3.93. The van der Waals surface area contributed by atoms with E-state index in [0.717, 1.165) is 21.9 Å². The summed E-state index contributed by atoms with van der Waals surface area (Å²) in [5, 5.41) is 4.64. The van der Waals surface area contributed by atoms with Crippen molar-refractivity contribution in [2.75, 3.05) is 6.54 Å². The van der Waals surface area contributed by atoms with Gasteiger partial charge in [-0.25, -0.2) is 9.78 Å². The number of benzene rings is 2. The molecule has 0 aliphatic rings. The van der Waals surface area contributed by atoms with Crippen molar-refractivity contribution < 1.29 is 4.79 Å². The summed E-state index contributed by atoms with van der Waals surface area (Å²) in [5.41, 5.74) is 2.63. The topological polar surface area (TPSA) is 81.8 Å². The second-order valence-corrected chi connectivity index (χ2v) is 7.49. The minimum atomic E-state index is -0.268. The van der Waals surface area contributed by atoms with E-state index in [1.165, 1.54) is 0 Å². The van der Waals surface area contributed by atoms with Gasteiger partial charge in [-0.3, -0.25) is 18.9 Å². The molecule has 0 aliphatic carbocycles. The molecule has 0 radical (unpaired) electrons. The van der Waals surface area contributed by atoms with E-state index in [1.54, 1.807) is 21.5 Å². The zero-order chi connectivity index (χ0) is 21.9. The fraction of sp³-hybridized carbons (Fsp3) is 0.120. The quantitative estimate of drug-likeness (QED) is 0.455. The van der Waals surface area contributed by atoms with Crippen LogP contribution in [0, 0.1) is 0 Å². The summed E-state index contributed by atoms with van der Waals surface area (Å²) in [4.78, 5) is 34.6. The Kier molecular flexibility index (Phi) is 5.21. The lowest BCUT2D eigenvalue weighted by molar-refractivity contribution is 0.0949. The minimum Gasteiger partial charge on any atom is -0.349 e. The van der Waals surface area contributed by atoms with Crippen LogP contribution in [0.15, 0.2) is 90.0 Å². The van der Waals surface area contributed by atoms with E-state index >= 15 is 0 Å². The Bertz CT molecular complexity index is 1470. The van der Waals surface area contributed by atoms with Crippen LogP contribution in [0.2, 0.25) is 0 Å². The Morgan fingerprint density at radius 1 is 0.844 bits per heavy atom. The summed E-state index contributed by atoms with van der Waals surface area (Å²) < 4.78 is 3.32. The van der Waals surface area contributed by atoms with Gasteiger partial charge in [0.2, 0.25) is 0 Å². The third kappa shape index (κ3) is 3.65. The van der Waals surface area contributed by atoms with Crippen LogP contribution in [0.1, 0.15) is 16.1 Å². The molecule has 5 rings (SSSR count). The van der Waals surface area contributed by atoms with Crippen LogP contribution in [-0.2, 0) is 13.1 Å². The molecule has 7 nitrogen and oxygen atoms in total. The maximum atomic E-state index is 13.2. The summed E-state index contributed by atoms with van der Waals surface area (Å²) >= 11 is 0. The molecule has 32 heavy (non-hydrogen) atoms. The van der Waals surface area contributed by atoms with E-state index in [4.69, 9.17) is 0 Å². The molecule has 7 heteroatoms. The smallest absolute Gasteiger partial charge is 0.330 e. The standard InChI is InChI=1S/C25H21N5O2/c31-24(22-20-10-5-4-9-19(20)12-14-26-22)28-15-16-29-23-21(11-6-13-27-23)30(25(29)32)17-18-7-2-1-3-8-18/h1-14H,15-17H2,(H,28,31). The molecule has 3 heterocycles. The number of imidazole rings is 1. The molecule has 2 aromatic carbocycles. The van der Waals surface area contributed by atoms with Crippen molar-refractivity contribution in [3.05, 3.63) is 107 Å². The van der Waals surface area contributed by atoms with Crippen molar-refractivity contribution in [2.45, 2.75) is 13.1 Å². The third-order valence-electron chi connectivity index (χ3n) is 5.47. The van der Waals surface area contributed by atoms with Gasteiger partial charge in [-0.05, 0) is 29.1 Å².